The summed E-state index contributed by atoms with van der Waals surface area (Å²) >= 11 is 0. The molecule has 22 heavy (non-hydrogen) atoms. The summed E-state index contributed by atoms with van der Waals surface area (Å²) < 4.78 is 5.23. The zero-order valence-electron chi connectivity index (χ0n) is 12.9. The number of carbonyl (C=O) groups is 4. The Morgan fingerprint density at radius 3 is 2.18 bits per heavy atom. The number of likely N-dealkylation sites (tertiary alicyclic amines) is 2. The zero-order chi connectivity index (χ0) is 16.7. The van der Waals surface area contributed by atoms with E-state index in [-0.39, 0.29) is 25.8 Å². The van der Waals surface area contributed by atoms with Crippen molar-refractivity contribution in [1.82, 2.24) is 9.80 Å². The second-order valence-electron chi connectivity index (χ2n) is 6.48. The molecular formula is C14H20N2O6. The number of carboxylic acids is 1. The summed E-state index contributed by atoms with van der Waals surface area (Å²) in [6.45, 7) is 5.11. The maximum Gasteiger partial charge on any atom is 0.412 e. The summed E-state index contributed by atoms with van der Waals surface area (Å²) in [6.07, 6.45) is -0.506. The number of hydrogen-bond acceptors (Lipinski definition) is 5. The minimum atomic E-state index is -1.97. The molecule has 0 unspecified atom stereocenters. The van der Waals surface area contributed by atoms with Crippen molar-refractivity contribution in [2.45, 2.75) is 57.7 Å². The van der Waals surface area contributed by atoms with Crippen LogP contribution in [0.2, 0.25) is 0 Å². The number of ether oxygens (including phenoxy) is 1. The summed E-state index contributed by atoms with van der Waals surface area (Å²) in [4.78, 5) is 49.9. The summed E-state index contributed by atoms with van der Waals surface area (Å²) in [5.41, 5.74) is -2.77. The van der Waals surface area contributed by atoms with Gasteiger partial charge in [0, 0.05) is 25.8 Å². The molecule has 2 rings (SSSR count). The lowest BCUT2D eigenvalue weighted by molar-refractivity contribution is -0.173. The predicted octanol–water partition coefficient (Wildman–Crippen LogP) is 0.947. The Balaban J connectivity index is 2.41. The third-order valence-electron chi connectivity index (χ3n) is 3.73. The van der Waals surface area contributed by atoms with Crippen LogP contribution in [0.15, 0.2) is 0 Å². The highest BCUT2D eigenvalue weighted by Crippen LogP contribution is 2.37. The lowest BCUT2D eigenvalue weighted by Crippen LogP contribution is -2.65. The third kappa shape index (κ3) is 2.53. The molecule has 3 amide bonds. The van der Waals surface area contributed by atoms with Crippen LogP contribution in [-0.4, -0.2) is 56.6 Å². The standard InChI is InChI=1S/C14H20N2O6/c1-13(2,3)22-12(21)15-8-4-7-14(15,11(19)20)16-9(17)5-6-10(16)18/h4-8H2,1-3H3,(H,19,20)/t14-/m1/s1. The predicted molar refractivity (Wildman–Crippen MR) is 73.6 cm³/mol. The van der Waals surface area contributed by atoms with Crippen LogP contribution in [0.4, 0.5) is 4.79 Å². The van der Waals surface area contributed by atoms with Gasteiger partial charge < -0.3 is 9.84 Å². The minimum Gasteiger partial charge on any atom is -0.478 e. The van der Waals surface area contributed by atoms with Gasteiger partial charge in [0.05, 0.1) is 0 Å². The molecule has 2 aliphatic heterocycles. The molecule has 2 fully saturated rings. The first-order valence-electron chi connectivity index (χ1n) is 7.19. The molecule has 0 spiro atoms. The van der Waals surface area contributed by atoms with Crippen LogP contribution in [-0.2, 0) is 19.1 Å². The third-order valence-corrected chi connectivity index (χ3v) is 3.73. The van der Waals surface area contributed by atoms with Gasteiger partial charge in [0.25, 0.3) is 0 Å². The van der Waals surface area contributed by atoms with Gasteiger partial charge in [-0.1, -0.05) is 0 Å². The lowest BCUT2D eigenvalue weighted by atomic mass is 10.1. The van der Waals surface area contributed by atoms with E-state index in [1.54, 1.807) is 20.8 Å². The van der Waals surface area contributed by atoms with E-state index >= 15 is 0 Å². The molecule has 122 valence electrons. The van der Waals surface area contributed by atoms with Gasteiger partial charge in [-0.15, -0.1) is 0 Å². The second kappa shape index (κ2) is 5.26. The van der Waals surface area contributed by atoms with Crippen molar-refractivity contribution in [3.8, 4) is 0 Å². The van der Waals surface area contributed by atoms with E-state index in [1.807, 2.05) is 0 Å². The summed E-state index contributed by atoms with van der Waals surface area (Å²) in [5.74, 6) is -2.52. The van der Waals surface area contributed by atoms with Crippen LogP contribution >= 0.6 is 0 Å². The molecule has 0 aliphatic carbocycles. The smallest absolute Gasteiger partial charge is 0.412 e. The van der Waals surface area contributed by atoms with Crippen molar-refractivity contribution >= 4 is 23.9 Å². The molecule has 1 N–H and O–H groups in total. The summed E-state index contributed by atoms with van der Waals surface area (Å²) in [6, 6.07) is 0. The van der Waals surface area contributed by atoms with Crippen molar-refractivity contribution in [3.05, 3.63) is 0 Å². The highest BCUT2D eigenvalue weighted by molar-refractivity contribution is 6.07. The number of carboxylic acid groups (broad SMARTS) is 1. The first-order valence-corrected chi connectivity index (χ1v) is 7.19. The van der Waals surface area contributed by atoms with Crippen molar-refractivity contribution in [2.24, 2.45) is 0 Å². The SMILES string of the molecule is CC(C)(C)OC(=O)N1CCC[C@]1(C(=O)O)N1C(=O)CCC1=O. The van der Waals surface area contributed by atoms with Crippen molar-refractivity contribution in [2.75, 3.05) is 6.54 Å². The first kappa shape index (κ1) is 16.3. The average Bonchev–Trinajstić information content (AvgIpc) is 2.92. The number of aliphatic carboxylic acids is 1. The number of rotatable bonds is 2. The Kier molecular flexibility index (Phi) is 3.88. The van der Waals surface area contributed by atoms with Gasteiger partial charge >= 0.3 is 12.1 Å². The molecule has 0 saturated carbocycles. The van der Waals surface area contributed by atoms with Crippen LogP contribution in [0, 0.1) is 0 Å². The Morgan fingerprint density at radius 2 is 1.73 bits per heavy atom. The van der Waals surface area contributed by atoms with E-state index in [2.05, 4.69) is 0 Å². The number of hydrogen-bond donors (Lipinski definition) is 1. The molecule has 0 bridgehead atoms. The number of nitrogens with zero attached hydrogens (tertiary/aromatic N) is 2. The molecule has 8 heteroatoms. The Hall–Kier alpha value is -2.12. The second-order valence-corrected chi connectivity index (χ2v) is 6.48. The summed E-state index contributed by atoms with van der Waals surface area (Å²) in [5, 5.41) is 9.68. The van der Waals surface area contributed by atoms with Crippen LogP contribution in [0.3, 0.4) is 0 Å². The van der Waals surface area contributed by atoms with Crippen LogP contribution in [0.1, 0.15) is 46.5 Å². The lowest BCUT2D eigenvalue weighted by Gasteiger charge is -2.40. The van der Waals surface area contributed by atoms with E-state index in [1.165, 1.54) is 0 Å². The Labute approximate surface area is 128 Å². The van der Waals surface area contributed by atoms with Gasteiger partial charge in [0.2, 0.25) is 17.5 Å². The van der Waals surface area contributed by atoms with Crippen molar-refractivity contribution in [1.29, 1.82) is 0 Å². The Bertz CT molecular complexity index is 522. The fraction of sp³-hybridized carbons (Fsp3) is 0.714. The fourth-order valence-electron chi connectivity index (χ4n) is 2.90. The molecule has 0 aromatic rings. The monoisotopic (exact) mass is 312 g/mol. The fourth-order valence-corrected chi connectivity index (χ4v) is 2.90. The highest BCUT2D eigenvalue weighted by atomic mass is 16.6. The molecular weight excluding hydrogens is 292 g/mol. The van der Waals surface area contributed by atoms with Gasteiger partial charge in [-0.3, -0.25) is 14.5 Å². The minimum absolute atomic E-state index is 0.0130. The van der Waals surface area contributed by atoms with Gasteiger partial charge in [0.15, 0.2) is 0 Å². The largest absolute Gasteiger partial charge is 0.478 e. The Morgan fingerprint density at radius 1 is 1.18 bits per heavy atom. The van der Waals surface area contributed by atoms with Gasteiger partial charge in [-0.2, -0.15) is 0 Å². The normalized spacial score (nSPS) is 25.8. The highest BCUT2D eigenvalue weighted by Gasteiger charge is 2.60. The average molecular weight is 312 g/mol. The van der Waals surface area contributed by atoms with E-state index in [9.17, 15) is 24.3 Å². The molecule has 0 aromatic carbocycles. The number of carbonyl (C=O) groups excluding carboxylic acids is 3. The molecule has 0 radical (unpaired) electrons. The van der Waals surface area contributed by atoms with Crippen molar-refractivity contribution in [3.63, 3.8) is 0 Å². The quantitative estimate of drug-likeness (QED) is 0.761. The molecule has 0 aromatic heterocycles. The van der Waals surface area contributed by atoms with Crippen LogP contribution < -0.4 is 0 Å². The van der Waals surface area contributed by atoms with Crippen molar-refractivity contribution < 1.29 is 29.0 Å². The molecule has 1 atom stereocenters. The topological polar surface area (TPSA) is 104 Å². The van der Waals surface area contributed by atoms with E-state index in [4.69, 9.17) is 4.74 Å². The molecule has 2 heterocycles. The van der Waals surface area contributed by atoms with Crippen LogP contribution in [0.25, 0.3) is 0 Å². The first-order chi connectivity index (χ1) is 10.1. The number of amides is 3. The summed E-state index contributed by atoms with van der Waals surface area (Å²) in [7, 11) is 0. The maximum atomic E-state index is 12.3. The van der Waals surface area contributed by atoms with E-state index in [0.29, 0.717) is 6.42 Å². The van der Waals surface area contributed by atoms with Gasteiger partial charge in [0.1, 0.15) is 5.60 Å². The van der Waals surface area contributed by atoms with Gasteiger partial charge in [-0.05, 0) is 27.2 Å². The van der Waals surface area contributed by atoms with Gasteiger partial charge in [-0.25, -0.2) is 14.5 Å². The molecule has 2 saturated heterocycles. The van der Waals surface area contributed by atoms with E-state index in [0.717, 1.165) is 9.80 Å². The van der Waals surface area contributed by atoms with Crippen LogP contribution in [0.5, 0.6) is 0 Å². The molecule has 2 aliphatic rings. The zero-order valence-corrected chi connectivity index (χ0v) is 12.9. The maximum absolute atomic E-state index is 12.3. The molecule has 8 nitrogen and oxygen atoms in total. The number of imide groups is 1. The van der Waals surface area contributed by atoms with E-state index < -0.39 is 35.1 Å².